The summed E-state index contributed by atoms with van der Waals surface area (Å²) in [5.41, 5.74) is -2.26. The van der Waals surface area contributed by atoms with Gasteiger partial charge in [-0.25, -0.2) is 4.79 Å². The zero-order valence-corrected chi connectivity index (χ0v) is 23.2. The number of ether oxygens (including phenoxy) is 5. The van der Waals surface area contributed by atoms with Crippen LogP contribution in [-0.2, 0) is 33.3 Å². The van der Waals surface area contributed by atoms with Crippen molar-refractivity contribution >= 4 is 11.9 Å². The van der Waals surface area contributed by atoms with Crippen molar-refractivity contribution in [1.82, 2.24) is 0 Å². The minimum absolute atomic E-state index is 0.00286. The van der Waals surface area contributed by atoms with Crippen molar-refractivity contribution < 1.29 is 48.6 Å². The number of carbonyl (C=O) groups excluding carboxylic acids is 2. The highest BCUT2D eigenvalue weighted by Gasteiger charge is 2.83. The Balaban J connectivity index is 1.50. The Kier molecular flexibility index (Phi) is 7.76. The fraction of sp³-hybridized carbons (Fsp3) is 0.793. The number of rotatable bonds is 1. The lowest BCUT2D eigenvalue weighted by Gasteiger charge is -2.60. The summed E-state index contributed by atoms with van der Waals surface area (Å²) in [4.78, 5) is 26.0. The third-order valence-electron chi connectivity index (χ3n) is 10.0. The maximum Gasteiger partial charge on any atom is 0.331 e. The summed E-state index contributed by atoms with van der Waals surface area (Å²) in [6.45, 7) is 7.83. The number of aliphatic hydroxyl groups is 3. The molecule has 5 aliphatic rings. The molecule has 0 aromatic carbocycles. The highest BCUT2D eigenvalue weighted by atomic mass is 16.6. The Morgan fingerprint density at radius 2 is 1.74 bits per heavy atom. The number of allylic oxidation sites excluding steroid dienone is 2. The Hall–Kier alpha value is -1.82. The SMILES string of the molecule is CC1CC(=O)OC[C@]23C[C@@H](O)[C@H](C)C[C@H]2O[C@@H]2C[C@@H](OC(=O)/C=C\C=CC(C(C)O)O[C@@H](O)C1)[C@@]3(C)C21CO1. The molecule has 2 saturated carbocycles. The first-order chi connectivity index (χ1) is 18.4. The molecular weight excluding hydrogens is 508 g/mol. The molecule has 3 heterocycles. The predicted molar refractivity (Wildman–Crippen MR) is 137 cm³/mol. The number of cyclic esters (lactones) is 1. The largest absolute Gasteiger partial charge is 0.465 e. The first-order valence-electron chi connectivity index (χ1n) is 14.1. The summed E-state index contributed by atoms with van der Waals surface area (Å²) < 4.78 is 30.3. The third kappa shape index (κ3) is 4.87. The van der Waals surface area contributed by atoms with Gasteiger partial charge in [-0.1, -0.05) is 39.0 Å². The van der Waals surface area contributed by atoms with Crippen LogP contribution in [0.4, 0.5) is 0 Å². The minimum atomic E-state index is -1.21. The molecule has 0 amide bonds. The molecule has 2 bridgehead atoms. The standard InChI is InChI=1S/C29H42O10/c1-16-9-25(33)35-14-28-13-19(31)17(2)11-22(28)38-23-12-21(27(28,4)29(23)15-36-29)39-24(32)8-6-5-7-20(18(3)30)37-26(34)10-16/h5-8,16-23,26,30-31,34H,9-15H2,1-4H3/b7-5?,8-6-/t16?,17-,18?,19-,20?,21-,22-,23-,26-,27-,28-,29?/m1/s1. The van der Waals surface area contributed by atoms with E-state index in [1.54, 1.807) is 12.2 Å². The monoisotopic (exact) mass is 550 g/mol. The molecule has 218 valence electrons. The lowest BCUT2D eigenvalue weighted by Crippen LogP contribution is -2.69. The van der Waals surface area contributed by atoms with Crippen molar-refractivity contribution in [2.24, 2.45) is 22.7 Å². The van der Waals surface area contributed by atoms with E-state index >= 15 is 0 Å². The van der Waals surface area contributed by atoms with Gasteiger partial charge in [-0.3, -0.25) is 4.79 Å². The lowest BCUT2D eigenvalue weighted by atomic mass is 9.49. The summed E-state index contributed by atoms with van der Waals surface area (Å²) in [5, 5.41) is 31.6. The van der Waals surface area contributed by atoms with E-state index in [0.29, 0.717) is 25.9 Å². The van der Waals surface area contributed by atoms with Crippen molar-refractivity contribution in [3.05, 3.63) is 24.3 Å². The molecule has 3 aliphatic heterocycles. The Morgan fingerprint density at radius 1 is 1.00 bits per heavy atom. The topological polar surface area (TPSA) is 144 Å². The van der Waals surface area contributed by atoms with Crippen LogP contribution in [0.2, 0.25) is 0 Å². The average molecular weight is 551 g/mol. The number of aliphatic hydroxyl groups excluding tert-OH is 3. The van der Waals surface area contributed by atoms with Crippen molar-refractivity contribution in [3.8, 4) is 0 Å². The quantitative estimate of drug-likeness (QED) is 0.326. The van der Waals surface area contributed by atoms with Gasteiger partial charge in [0.05, 0.1) is 36.4 Å². The summed E-state index contributed by atoms with van der Waals surface area (Å²) in [7, 11) is 0. The van der Waals surface area contributed by atoms with Crippen molar-refractivity contribution in [1.29, 1.82) is 0 Å². The van der Waals surface area contributed by atoms with Gasteiger partial charge in [0.15, 0.2) is 6.29 Å². The maximum atomic E-state index is 13.1. The Morgan fingerprint density at radius 3 is 2.44 bits per heavy atom. The van der Waals surface area contributed by atoms with Crippen molar-refractivity contribution in [3.63, 3.8) is 0 Å². The molecular formula is C29H42O10. The van der Waals surface area contributed by atoms with E-state index in [2.05, 4.69) is 0 Å². The zero-order chi connectivity index (χ0) is 28.2. The van der Waals surface area contributed by atoms with E-state index in [0.717, 1.165) is 0 Å². The second-order valence-electron chi connectivity index (χ2n) is 12.5. The maximum absolute atomic E-state index is 13.1. The molecule has 10 heteroatoms. The molecule has 39 heavy (non-hydrogen) atoms. The van der Waals surface area contributed by atoms with Crippen molar-refractivity contribution in [2.75, 3.05) is 13.2 Å². The van der Waals surface area contributed by atoms with Gasteiger partial charge in [0.1, 0.15) is 24.4 Å². The molecule has 5 rings (SSSR count). The first-order valence-corrected chi connectivity index (χ1v) is 14.1. The van der Waals surface area contributed by atoms with Crippen molar-refractivity contribution in [2.45, 2.75) is 108 Å². The molecule has 12 atom stereocenters. The third-order valence-corrected chi connectivity index (χ3v) is 10.0. The summed E-state index contributed by atoms with van der Waals surface area (Å²) in [6.07, 6.45) is 2.81. The van der Waals surface area contributed by atoms with Crippen LogP contribution in [0.5, 0.6) is 0 Å². The normalized spacial score (nSPS) is 50.2. The second-order valence-corrected chi connectivity index (χ2v) is 12.5. The van der Waals surface area contributed by atoms with Gasteiger partial charge in [-0.15, -0.1) is 0 Å². The van der Waals surface area contributed by atoms with Gasteiger partial charge in [0, 0.05) is 30.8 Å². The fourth-order valence-corrected chi connectivity index (χ4v) is 7.55. The molecule has 0 radical (unpaired) electrons. The van der Waals surface area contributed by atoms with Crippen LogP contribution >= 0.6 is 0 Å². The predicted octanol–water partition coefficient (Wildman–Crippen LogP) is 1.79. The molecule has 2 spiro atoms. The molecule has 3 N–H and O–H groups in total. The van der Waals surface area contributed by atoms with Gasteiger partial charge in [-0.2, -0.15) is 0 Å². The Labute approximate surface area is 229 Å². The van der Waals surface area contributed by atoms with Gasteiger partial charge in [0.25, 0.3) is 0 Å². The van der Waals surface area contributed by atoms with Gasteiger partial charge < -0.3 is 39.0 Å². The lowest BCUT2D eigenvalue weighted by molar-refractivity contribution is -0.268. The molecule has 2 saturated heterocycles. The molecule has 10 nitrogen and oxygen atoms in total. The number of carbonyl (C=O) groups is 2. The smallest absolute Gasteiger partial charge is 0.331 e. The molecule has 4 fully saturated rings. The van der Waals surface area contributed by atoms with Gasteiger partial charge >= 0.3 is 11.9 Å². The van der Waals surface area contributed by atoms with Crippen LogP contribution < -0.4 is 0 Å². The number of hydrogen-bond donors (Lipinski definition) is 3. The van der Waals surface area contributed by atoms with Gasteiger partial charge in [0.2, 0.25) is 0 Å². The van der Waals surface area contributed by atoms with E-state index in [1.165, 1.54) is 19.1 Å². The van der Waals surface area contributed by atoms with Crippen LogP contribution in [-0.4, -0.2) is 89.0 Å². The zero-order valence-electron chi connectivity index (χ0n) is 23.2. The summed E-state index contributed by atoms with van der Waals surface area (Å²) >= 11 is 0. The van der Waals surface area contributed by atoms with E-state index in [9.17, 15) is 24.9 Å². The van der Waals surface area contributed by atoms with Crippen LogP contribution in [0.15, 0.2) is 24.3 Å². The molecule has 2 aliphatic carbocycles. The van der Waals surface area contributed by atoms with E-state index in [1.807, 2.05) is 20.8 Å². The number of hydrogen-bond acceptors (Lipinski definition) is 10. The molecule has 4 unspecified atom stereocenters. The Bertz CT molecular complexity index is 1000. The number of epoxide rings is 1. The summed E-state index contributed by atoms with van der Waals surface area (Å²) in [6, 6.07) is 0. The van der Waals surface area contributed by atoms with E-state index in [-0.39, 0.29) is 43.5 Å². The molecule has 0 aromatic heterocycles. The van der Waals surface area contributed by atoms with Crippen LogP contribution in [0.1, 0.15) is 59.8 Å². The number of esters is 2. The first kappa shape index (κ1) is 28.7. The van der Waals surface area contributed by atoms with E-state index < -0.39 is 59.1 Å². The van der Waals surface area contributed by atoms with Crippen LogP contribution in [0.3, 0.4) is 0 Å². The molecule has 0 aromatic rings. The second kappa shape index (κ2) is 10.5. The average Bonchev–Trinajstić information content (AvgIpc) is 3.63. The fourth-order valence-electron chi connectivity index (χ4n) is 7.55. The highest BCUT2D eigenvalue weighted by molar-refractivity contribution is 5.82. The summed E-state index contributed by atoms with van der Waals surface area (Å²) in [5.74, 6) is -1.23. The van der Waals surface area contributed by atoms with Crippen LogP contribution in [0, 0.1) is 22.7 Å². The van der Waals surface area contributed by atoms with Gasteiger partial charge in [-0.05, 0) is 31.6 Å². The van der Waals surface area contributed by atoms with E-state index in [4.69, 9.17) is 23.7 Å². The minimum Gasteiger partial charge on any atom is -0.465 e. The van der Waals surface area contributed by atoms with Crippen LogP contribution in [0.25, 0.3) is 0 Å². The highest BCUT2D eigenvalue weighted by Crippen LogP contribution is 2.72.